The molecule has 1 aromatic carbocycles. The van der Waals surface area contributed by atoms with Crippen LogP contribution in [0.2, 0.25) is 10.3 Å². The molecule has 0 saturated heterocycles. The first kappa shape index (κ1) is 16.5. The summed E-state index contributed by atoms with van der Waals surface area (Å²) in [5.41, 5.74) is -2.17. The lowest BCUT2D eigenvalue weighted by atomic mass is 9.99. The molecule has 0 atom stereocenters. The Bertz CT molecular complexity index is 715. The van der Waals surface area contributed by atoms with Gasteiger partial charge in [-0.1, -0.05) is 23.2 Å². The molecule has 0 radical (unpaired) electrons. The van der Waals surface area contributed by atoms with E-state index in [1.54, 1.807) is 0 Å². The quantitative estimate of drug-likeness (QED) is 0.619. The van der Waals surface area contributed by atoms with Crippen LogP contribution in [0.4, 0.5) is 13.2 Å². The number of nitrogens with zero attached hydrogens (tertiary/aromatic N) is 2. The van der Waals surface area contributed by atoms with Gasteiger partial charge in [0, 0.05) is 5.56 Å². The lowest BCUT2D eigenvalue weighted by Gasteiger charge is -2.14. The number of carbonyl (C=O) groups excluding carboxylic acids is 1. The van der Waals surface area contributed by atoms with E-state index in [9.17, 15) is 18.0 Å². The van der Waals surface area contributed by atoms with Crippen molar-refractivity contribution in [2.24, 2.45) is 0 Å². The van der Waals surface area contributed by atoms with Gasteiger partial charge < -0.3 is 4.74 Å². The van der Waals surface area contributed by atoms with Gasteiger partial charge in [0.1, 0.15) is 22.4 Å². The van der Waals surface area contributed by atoms with Gasteiger partial charge in [0.2, 0.25) is 0 Å². The zero-order chi connectivity index (χ0) is 16.5. The van der Waals surface area contributed by atoms with Crippen molar-refractivity contribution in [3.05, 3.63) is 51.5 Å². The van der Waals surface area contributed by atoms with Crippen LogP contribution in [0.5, 0.6) is 5.75 Å². The van der Waals surface area contributed by atoms with Crippen LogP contribution in [-0.4, -0.2) is 22.9 Å². The SMILES string of the molecule is COc1ccc(C(=O)c2c(Cl)ncnc2Cl)c(C(F)(F)F)c1. The molecule has 0 bridgehead atoms. The van der Waals surface area contributed by atoms with Crippen molar-refractivity contribution in [3.8, 4) is 5.75 Å². The molecule has 0 fully saturated rings. The van der Waals surface area contributed by atoms with Crippen LogP contribution in [0.15, 0.2) is 24.5 Å². The van der Waals surface area contributed by atoms with Crippen molar-refractivity contribution in [3.63, 3.8) is 0 Å². The van der Waals surface area contributed by atoms with Crippen LogP contribution in [0.25, 0.3) is 0 Å². The summed E-state index contributed by atoms with van der Waals surface area (Å²) in [5.74, 6) is -1.06. The number of hydrogen-bond donors (Lipinski definition) is 0. The van der Waals surface area contributed by atoms with Gasteiger partial charge in [0.15, 0.2) is 5.78 Å². The number of benzene rings is 1. The van der Waals surface area contributed by atoms with Gasteiger partial charge in [0.25, 0.3) is 0 Å². The summed E-state index contributed by atoms with van der Waals surface area (Å²) >= 11 is 11.5. The lowest BCUT2D eigenvalue weighted by molar-refractivity contribution is -0.138. The standard InChI is InChI=1S/C13H7Cl2F3N2O2/c1-22-6-2-3-7(8(4-6)13(16,17)18)10(21)9-11(14)19-5-20-12(9)15/h2-5H,1H3. The monoisotopic (exact) mass is 350 g/mol. The summed E-state index contributed by atoms with van der Waals surface area (Å²) in [5, 5.41) is -0.650. The minimum atomic E-state index is -4.76. The van der Waals surface area contributed by atoms with Crippen LogP contribution in [0.1, 0.15) is 21.5 Å². The number of ether oxygens (including phenoxy) is 1. The Morgan fingerprint density at radius 3 is 2.27 bits per heavy atom. The zero-order valence-corrected chi connectivity index (χ0v) is 12.4. The van der Waals surface area contributed by atoms with Crippen molar-refractivity contribution in [2.45, 2.75) is 6.18 Å². The molecule has 4 nitrogen and oxygen atoms in total. The molecular formula is C13H7Cl2F3N2O2. The predicted molar refractivity (Wildman–Crippen MR) is 73.5 cm³/mol. The van der Waals surface area contributed by atoms with Crippen molar-refractivity contribution < 1.29 is 22.7 Å². The fraction of sp³-hybridized carbons (Fsp3) is 0.154. The minimum absolute atomic E-state index is 0.0367. The lowest BCUT2D eigenvalue weighted by Crippen LogP contribution is -2.15. The van der Waals surface area contributed by atoms with Gasteiger partial charge >= 0.3 is 6.18 Å². The van der Waals surface area contributed by atoms with Crippen molar-refractivity contribution in [1.82, 2.24) is 9.97 Å². The first-order valence-corrected chi connectivity index (χ1v) is 6.47. The maximum Gasteiger partial charge on any atom is 0.417 e. The van der Waals surface area contributed by atoms with E-state index in [0.29, 0.717) is 0 Å². The number of rotatable bonds is 3. The average Bonchev–Trinajstić information content (AvgIpc) is 2.45. The van der Waals surface area contributed by atoms with Crippen molar-refractivity contribution in [2.75, 3.05) is 7.11 Å². The van der Waals surface area contributed by atoms with E-state index in [1.165, 1.54) is 13.2 Å². The molecule has 116 valence electrons. The number of methoxy groups -OCH3 is 1. The smallest absolute Gasteiger partial charge is 0.417 e. The second-order valence-electron chi connectivity index (χ2n) is 4.07. The second-order valence-corrected chi connectivity index (χ2v) is 4.78. The molecule has 0 aliphatic heterocycles. The van der Waals surface area contributed by atoms with Crippen LogP contribution in [0, 0.1) is 0 Å². The van der Waals surface area contributed by atoms with E-state index < -0.39 is 23.1 Å². The van der Waals surface area contributed by atoms with Crippen LogP contribution >= 0.6 is 23.2 Å². The molecule has 2 aromatic rings. The normalized spacial score (nSPS) is 11.4. The number of carbonyl (C=O) groups is 1. The molecule has 0 amide bonds. The van der Waals surface area contributed by atoms with E-state index in [-0.39, 0.29) is 21.6 Å². The average molecular weight is 351 g/mol. The van der Waals surface area contributed by atoms with Gasteiger partial charge in [-0.05, 0) is 18.2 Å². The first-order valence-electron chi connectivity index (χ1n) is 5.71. The topological polar surface area (TPSA) is 52.1 Å². The molecule has 1 heterocycles. The summed E-state index contributed by atoms with van der Waals surface area (Å²) in [6.45, 7) is 0. The zero-order valence-electron chi connectivity index (χ0n) is 10.9. The Morgan fingerprint density at radius 1 is 1.18 bits per heavy atom. The molecule has 9 heteroatoms. The molecule has 1 aromatic heterocycles. The number of hydrogen-bond acceptors (Lipinski definition) is 4. The predicted octanol–water partition coefficient (Wildman–Crippen LogP) is 4.04. The summed E-state index contributed by atoms with van der Waals surface area (Å²) in [6, 6.07) is 2.94. The van der Waals surface area contributed by atoms with E-state index in [1.807, 2.05) is 0 Å². The summed E-state index contributed by atoms with van der Waals surface area (Å²) in [6.07, 6.45) is -3.76. The third-order valence-corrected chi connectivity index (χ3v) is 3.33. The Hall–Kier alpha value is -1.86. The summed E-state index contributed by atoms with van der Waals surface area (Å²) < 4.78 is 44.2. The van der Waals surface area contributed by atoms with Gasteiger partial charge in [-0.3, -0.25) is 4.79 Å². The summed E-state index contributed by atoms with van der Waals surface area (Å²) in [4.78, 5) is 19.5. The second kappa shape index (κ2) is 6.10. The molecule has 0 aliphatic rings. The summed E-state index contributed by atoms with van der Waals surface area (Å²) in [7, 11) is 1.22. The van der Waals surface area contributed by atoms with Crippen LogP contribution in [-0.2, 0) is 6.18 Å². The minimum Gasteiger partial charge on any atom is -0.497 e. The van der Waals surface area contributed by atoms with Gasteiger partial charge in [-0.15, -0.1) is 0 Å². The van der Waals surface area contributed by atoms with E-state index >= 15 is 0 Å². The molecule has 0 saturated carbocycles. The Labute approximate surface area is 132 Å². The molecule has 22 heavy (non-hydrogen) atoms. The van der Waals surface area contributed by atoms with Gasteiger partial charge in [-0.25, -0.2) is 9.97 Å². The highest BCUT2D eigenvalue weighted by Crippen LogP contribution is 2.36. The molecule has 2 rings (SSSR count). The Kier molecular flexibility index (Phi) is 4.58. The third-order valence-electron chi connectivity index (χ3n) is 2.76. The van der Waals surface area contributed by atoms with Crippen LogP contribution < -0.4 is 4.74 Å². The fourth-order valence-electron chi connectivity index (χ4n) is 1.75. The molecular weight excluding hydrogens is 344 g/mol. The third kappa shape index (κ3) is 3.15. The maximum absolute atomic E-state index is 13.1. The number of ketones is 1. The largest absolute Gasteiger partial charge is 0.497 e. The highest BCUT2D eigenvalue weighted by atomic mass is 35.5. The van der Waals surface area contributed by atoms with Crippen molar-refractivity contribution in [1.29, 1.82) is 0 Å². The highest BCUT2D eigenvalue weighted by molar-refractivity contribution is 6.39. The van der Waals surface area contributed by atoms with Gasteiger partial charge in [-0.2, -0.15) is 13.2 Å². The van der Waals surface area contributed by atoms with Crippen LogP contribution in [0.3, 0.4) is 0 Å². The molecule has 0 N–H and O–H groups in total. The molecule has 0 unspecified atom stereocenters. The molecule has 0 spiro atoms. The van der Waals surface area contributed by atoms with E-state index in [4.69, 9.17) is 27.9 Å². The first-order chi connectivity index (χ1) is 10.3. The highest BCUT2D eigenvalue weighted by Gasteiger charge is 2.36. The fourth-order valence-corrected chi connectivity index (χ4v) is 2.24. The van der Waals surface area contributed by atoms with E-state index in [2.05, 4.69) is 9.97 Å². The Morgan fingerprint density at radius 2 is 1.77 bits per heavy atom. The van der Waals surface area contributed by atoms with Gasteiger partial charge in [0.05, 0.1) is 18.2 Å². The van der Waals surface area contributed by atoms with Crippen molar-refractivity contribution >= 4 is 29.0 Å². The maximum atomic E-state index is 13.1. The Balaban J connectivity index is 2.64. The number of alkyl halides is 3. The van der Waals surface area contributed by atoms with E-state index in [0.717, 1.165) is 18.5 Å². The molecule has 0 aliphatic carbocycles. The number of halogens is 5. The number of aromatic nitrogens is 2.